The van der Waals surface area contributed by atoms with Crippen molar-refractivity contribution in [1.29, 1.82) is 0 Å². The van der Waals surface area contributed by atoms with Gasteiger partial charge in [0.15, 0.2) is 0 Å². The number of halogens is 1. The maximum Gasteiger partial charge on any atom is 0.252 e. The van der Waals surface area contributed by atoms with Crippen molar-refractivity contribution in [2.75, 3.05) is 25.0 Å². The van der Waals surface area contributed by atoms with Gasteiger partial charge in [0.2, 0.25) is 5.91 Å². The third-order valence-electron chi connectivity index (χ3n) is 3.13. The molecule has 1 aliphatic rings. The van der Waals surface area contributed by atoms with Gasteiger partial charge in [0, 0.05) is 23.8 Å². The summed E-state index contributed by atoms with van der Waals surface area (Å²) in [6.07, 6.45) is -0.676. The highest BCUT2D eigenvalue weighted by Gasteiger charge is 2.30. The first kappa shape index (κ1) is 14.8. The van der Waals surface area contributed by atoms with Crippen LogP contribution in [0.5, 0.6) is 0 Å². The van der Waals surface area contributed by atoms with Crippen molar-refractivity contribution in [3.05, 3.63) is 29.3 Å². The van der Waals surface area contributed by atoms with E-state index in [1.54, 1.807) is 29.2 Å². The summed E-state index contributed by atoms with van der Waals surface area (Å²) in [5.41, 5.74) is 0.609. The van der Waals surface area contributed by atoms with Gasteiger partial charge in [-0.05, 0) is 25.1 Å². The fourth-order valence-corrected chi connectivity index (χ4v) is 2.29. The Labute approximate surface area is 122 Å². The SMILES string of the molecule is CCN1CCO[C@H](CC(=O)Nc2cccc(Cl)c2)C1=O. The van der Waals surface area contributed by atoms with Gasteiger partial charge in [-0.2, -0.15) is 0 Å². The number of nitrogens with one attached hydrogen (secondary N) is 1. The lowest BCUT2D eigenvalue weighted by Gasteiger charge is -2.31. The van der Waals surface area contributed by atoms with Gasteiger partial charge in [-0.25, -0.2) is 0 Å². The fraction of sp³-hybridized carbons (Fsp3) is 0.429. The lowest BCUT2D eigenvalue weighted by molar-refractivity contribution is -0.154. The molecular formula is C14H17ClN2O3. The van der Waals surface area contributed by atoms with Crippen LogP contribution in [-0.2, 0) is 14.3 Å². The molecule has 5 nitrogen and oxygen atoms in total. The minimum Gasteiger partial charge on any atom is -0.366 e. The van der Waals surface area contributed by atoms with Crippen molar-refractivity contribution in [2.45, 2.75) is 19.4 Å². The Morgan fingerprint density at radius 3 is 3.05 bits per heavy atom. The Bertz CT molecular complexity index is 507. The number of hydrogen-bond donors (Lipinski definition) is 1. The predicted octanol–water partition coefficient (Wildman–Crippen LogP) is 1.92. The van der Waals surface area contributed by atoms with Crippen LogP contribution in [0.2, 0.25) is 5.02 Å². The molecule has 1 aliphatic heterocycles. The first-order chi connectivity index (χ1) is 9.60. The average molecular weight is 297 g/mol. The van der Waals surface area contributed by atoms with Gasteiger partial charge in [0.1, 0.15) is 6.10 Å². The molecule has 2 rings (SSSR count). The van der Waals surface area contributed by atoms with E-state index in [-0.39, 0.29) is 18.2 Å². The number of morpholine rings is 1. The van der Waals surface area contributed by atoms with Gasteiger partial charge in [-0.1, -0.05) is 17.7 Å². The van der Waals surface area contributed by atoms with Crippen LogP contribution < -0.4 is 5.32 Å². The number of amides is 2. The second kappa shape index (κ2) is 6.72. The van der Waals surface area contributed by atoms with Crippen LogP contribution in [0, 0.1) is 0 Å². The molecule has 0 unspecified atom stereocenters. The zero-order chi connectivity index (χ0) is 14.5. The van der Waals surface area contributed by atoms with Gasteiger partial charge in [-0.15, -0.1) is 0 Å². The van der Waals surface area contributed by atoms with Crippen molar-refractivity contribution in [2.24, 2.45) is 0 Å². The van der Waals surface area contributed by atoms with E-state index in [9.17, 15) is 9.59 Å². The van der Waals surface area contributed by atoms with E-state index in [0.717, 1.165) is 0 Å². The summed E-state index contributed by atoms with van der Waals surface area (Å²) in [6, 6.07) is 6.87. The zero-order valence-electron chi connectivity index (χ0n) is 11.3. The second-order valence-electron chi connectivity index (χ2n) is 4.54. The van der Waals surface area contributed by atoms with Gasteiger partial charge in [-0.3, -0.25) is 9.59 Å². The molecule has 1 fully saturated rings. The molecule has 6 heteroatoms. The van der Waals surface area contributed by atoms with Gasteiger partial charge < -0.3 is 15.0 Å². The van der Waals surface area contributed by atoms with Crippen molar-refractivity contribution in [3.63, 3.8) is 0 Å². The van der Waals surface area contributed by atoms with Crippen LogP contribution in [-0.4, -0.2) is 42.5 Å². The molecule has 1 aromatic carbocycles. The summed E-state index contributed by atoms with van der Waals surface area (Å²) in [7, 11) is 0. The number of benzene rings is 1. The van der Waals surface area contributed by atoms with E-state index in [2.05, 4.69) is 5.32 Å². The predicted molar refractivity (Wildman–Crippen MR) is 76.7 cm³/mol. The molecule has 1 saturated heterocycles. The number of rotatable bonds is 4. The average Bonchev–Trinajstić information content (AvgIpc) is 2.41. The first-order valence-electron chi connectivity index (χ1n) is 6.56. The summed E-state index contributed by atoms with van der Waals surface area (Å²) in [6.45, 7) is 3.59. The Hall–Kier alpha value is -1.59. The highest BCUT2D eigenvalue weighted by molar-refractivity contribution is 6.30. The molecular weight excluding hydrogens is 280 g/mol. The topological polar surface area (TPSA) is 58.6 Å². The smallest absolute Gasteiger partial charge is 0.252 e. The highest BCUT2D eigenvalue weighted by atomic mass is 35.5. The molecule has 0 aliphatic carbocycles. The summed E-state index contributed by atoms with van der Waals surface area (Å²) in [5, 5.41) is 3.26. The molecule has 20 heavy (non-hydrogen) atoms. The van der Waals surface area contributed by atoms with E-state index in [1.165, 1.54) is 0 Å². The molecule has 0 bridgehead atoms. The van der Waals surface area contributed by atoms with E-state index in [1.807, 2.05) is 6.92 Å². The standard InChI is InChI=1S/C14H17ClN2O3/c1-2-17-6-7-20-12(14(17)19)9-13(18)16-11-5-3-4-10(15)8-11/h3-5,8,12H,2,6-7,9H2,1H3,(H,16,18)/t12-/m1/s1. The number of carbonyl (C=O) groups is 2. The summed E-state index contributed by atoms with van der Waals surface area (Å²) < 4.78 is 5.38. The normalized spacial score (nSPS) is 19.0. The number of nitrogens with zero attached hydrogens (tertiary/aromatic N) is 1. The first-order valence-corrected chi connectivity index (χ1v) is 6.93. The summed E-state index contributed by atoms with van der Waals surface area (Å²) in [4.78, 5) is 25.6. The minimum atomic E-state index is -0.692. The number of anilines is 1. The molecule has 2 amide bonds. The van der Waals surface area contributed by atoms with Crippen LogP contribution >= 0.6 is 11.6 Å². The maximum absolute atomic E-state index is 12.0. The summed E-state index contributed by atoms with van der Waals surface area (Å²) in [5.74, 6) is -0.386. The van der Waals surface area contributed by atoms with Crippen LogP contribution in [0.3, 0.4) is 0 Å². The van der Waals surface area contributed by atoms with E-state index in [0.29, 0.717) is 30.4 Å². The lowest BCUT2D eigenvalue weighted by Crippen LogP contribution is -2.48. The molecule has 0 aromatic heterocycles. The molecule has 1 aromatic rings. The lowest BCUT2D eigenvalue weighted by atomic mass is 10.1. The number of carbonyl (C=O) groups excluding carboxylic acids is 2. The van der Waals surface area contributed by atoms with Crippen LogP contribution in [0.1, 0.15) is 13.3 Å². The molecule has 1 N–H and O–H groups in total. The van der Waals surface area contributed by atoms with E-state index < -0.39 is 6.10 Å². The third kappa shape index (κ3) is 3.71. The second-order valence-corrected chi connectivity index (χ2v) is 4.98. The number of ether oxygens (including phenoxy) is 1. The molecule has 0 spiro atoms. The van der Waals surface area contributed by atoms with Crippen LogP contribution in [0.15, 0.2) is 24.3 Å². The number of hydrogen-bond acceptors (Lipinski definition) is 3. The molecule has 1 heterocycles. The molecule has 1 atom stereocenters. The Kier molecular flexibility index (Phi) is 4.98. The monoisotopic (exact) mass is 296 g/mol. The van der Waals surface area contributed by atoms with Gasteiger partial charge in [0.25, 0.3) is 5.91 Å². The van der Waals surface area contributed by atoms with Crippen molar-refractivity contribution >= 4 is 29.1 Å². The summed E-state index contributed by atoms with van der Waals surface area (Å²) >= 11 is 5.84. The Morgan fingerprint density at radius 1 is 1.55 bits per heavy atom. The Balaban J connectivity index is 1.92. The minimum absolute atomic E-state index is 0.0157. The van der Waals surface area contributed by atoms with Crippen LogP contribution in [0.4, 0.5) is 5.69 Å². The Morgan fingerprint density at radius 2 is 2.35 bits per heavy atom. The zero-order valence-corrected chi connectivity index (χ0v) is 12.0. The van der Waals surface area contributed by atoms with Gasteiger partial charge in [0.05, 0.1) is 13.0 Å². The molecule has 0 radical (unpaired) electrons. The maximum atomic E-state index is 12.0. The fourth-order valence-electron chi connectivity index (χ4n) is 2.10. The highest BCUT2D eigenvalue weighted by Crippen LogP contribution is 2.16. The van der Waals surface area contributed by atoms with Crippen molar-refractivity contribution in [3.8, 4) is 0 Å². The largest absolute Gasteiger partial charge is 0.366 e. The van der Waals surface area contributed by atoms with E-state index in [4.69, 9.17) is 16.3 Å². The van der Waals surface area contributed by atoms with Crippen molar-refractivity contribution < 1.29 is 14.3 Å². The quantitative estimate of drug-likeness (QED) is 0.923. The molecule has 0 saturated carbocycles. The molecule has 108 valence electrons. The van der Waals surface area contributed by atoms with Crippen molar-refractivity contribution in [1.82, 2.24) is 4.90 Å². The number of likely N-dealkylation sites (N-methyl/N-ethyl adjacent to an activating group) is 1. The van der Waals surface area contributed by atoms with Crippen LogP contribution in [0.25, 0.3) is 0 Å². The van der Waals surface area contributed by atoms with E-state index >= 15 is 0 Å². The third-order valence-corrected chi connectivity index (χ3v) is 3.36. The van der Waals surface area contributed by atoms with Gasteiger partial charge >= 0.3 is 0 Å².